The summed E-state index contributed by atoms with van der Waals surface area (Å²) in [5.74, 6) is 0. The lowest BCUT2D eigenvalue weighted by atomic mass is 10.1. The van der Waals surface area contributed by atoms with Crippen LogP contribution >= 0.6 is 0 Å². The van der Waals surface area contributed by atoms with Gasteiger partial charge in [0.05, 0.1) is 12.6 Å². The SMILES string of the molecule is Cc1ccc2c(c1)c(C)c(C)n2C[C@@H](O)CN1CCCCCC1. The van der Waals surface area contributed by atoms with Crippen LogP contribution in [0, 0.1) is 20.8 Å². The topological polar surface area (TPSA) is 28.4 Å². The van der Waals surface area contributed by atoms with E-state index in [4.69, 9.17) is 0 Å². The smallest absolute Gasteiger partial charge is 0.0845 e. The van der Waals surface area contributed by atoms with Gasteiger partial charge in [-0.1, -0.05) is 24.5 Å². The third-order valence-electron chi connectivity index (χ3n) is 5.36. The number of fused-ring (bicyclic) bond motifs is 1. The van der Waals surface area contributed by atoms with Crippen LogP contribution in [0.4, 0.5) is 0 Å². The number of rotatable bonds is 4. The molecule has 1 aromatic heterocycles. The molecule has 0 radical (unpaired) electrons. The highest BCUT2D eigenvalue weighted by atomic mass is 16.3. The van der Waals surface area contributed by atoms with Crippen molar-refractivity contribution in [3.8, 4) is 0 Å². The number of likely N-dealkylation sites (tertiary alicyclic amines) is 1. The Morgan fingerprint density at radius 2 is 1.70 bits per heavy atom. The summed E-state index contributed by atoms with van der Waals surface area (Å²) < 4.78 is 2.30. The zero-order valence-electron chi connectivity index (χ0n) is 14.8. The zero-order chi connectivity index (χ0) is 16.4. The van der Waals surface area contributed by atoms with Gasteiger partial charge in [-0.25, -0.2) is 0 Å². The third kappa shape index (κ3) is 3.61. The molecule has 1 fully saturated rings. The fourth-order valence-electron chi connectivity index (χ4n) is 3.88. The Bertz CT molecular complexity index is 666. The number of benzene rings is 1. The number of aryl methyl sites for hydroxylation is 2. The lowest BCUT2D eigenvalue weighted by Crippen LogP contribution is -2.35. The lowest BCUT2D eigenvalue weighted by molar-refractivity contribution is 0.100. The Balaban J connectivity index is 1.76. The van der Waals surface area contributed by atoms with Crippen LogP contribution in [0.1, 0.15) is 42.5 Å². The molecule has 1 aliphatic heterocycles. The first-order valence-electron chi connectivity index (χ1n) is 9.02. The molecule has 0 saturated carbocycles. The number of aliphatic hydroxyl groups is 1. The van der Waals surface area contributed by atoms with Crippen molar-refractivity contribution >= 4 is 10.9 Å². The van der Waals surface area contributed by atoms with Gasteiger partial charge in [0, 0.05) is 23.1 Å². The first-order chi connectivity index (χ1) is 11.1. The van der Waals surface area contributed by atoms with Crippen LogP contribution in [0.15, 0.2) is 18.2 Å². The standard InChI is InChI=1S/C20H30N2O/c1-15-8-9-20-19(12-15)16(2)17(3)22(20)14-18(23)13-21-10-6-4-5-7-11-21/h8-9,12,18,23H,4-7,10-11,13-14H2,1-3H3/t18-/m0/s1. The molecule has 23 heavy (non-hydrogen) atoms. The van der Waals surface area contributed by atoms with Crippen LogP contribution in [0.3, 0.4) is 0 Å². The first-order valence-corrected chi connectivity index (χ1v) is 9.02. The van der Waals surface area contributed by atoms with Crippen LogP contribution in [-0.4, -0.2) is 40.3 Å². The van der Waals surface area contributed by atoms with Crippen LogP contribution in [0.2, 0.25) is 0 Å². The number of aromatic nitrogens is 1. The van der Waals surface area contributed by atoms with E-state index < -0.39 is 0 Å². The van der Waals surface area contributed by atoms with Crippen molar-refractivity contribution in [1.82, 2.24) is 9.47 Å². The predicted molar refractivity (Wildman–Crippen MR) is 97.1 cm³/mol. The molecule has 3 nitrogen and oxygen atoms in total. The number of nitrogens with zero attached hydrogens (tertiary/aromatic N) is 2. The fourth-order valence-corrected chi connectivity index (χ4v) is 3.88. The van der Waals surface area contributed by atoms with Gasteiger partial charge in [-0.2, -0.15) is 0 Å². The normalized spacial score (nSPS) is 18.3. The van der Waals surface area contributed by atoms with Gasteiger partial charge in [0.15, 0.2) is 0 Å². The molecular weight excluding hydrogens is 284 g/mol. The molecule has 1 aromatic carbocycles. The Hall–Kier alpha value is -1.32. The first kappa shape index (κ1) is 16.5. The van der Waals surface area contributed by atoms with Crippen molar-refractivity contribution in [3.63, 3.8) is 0 Å². The Morgan fingerprint density at radius 1 is 1.00 bits per heavy atom. The summed E-state index contributed by atoms with van der Waals surface area (Å²) in [6.45, 7) is 10.3. The monoisotopic (exact) mass is 314 g/mol. The molecule has 1 N–H and O–H groups in total. The summed E-state index contributed by atoms with van der Waals surface area (Å²) in [4.78, 5) is 2.44. The molecule has 1 saturated heterocycles. The van der Waals surface area contributed by atoms with Crippen molar-refractivity contribution in [3.05, 3.63) is 35.0 Å². The fraction of sp³-hybridized carbons (Fsp3) is 0.600. The summed E-state index contributed by atoms with van der Waals surface area (Å²) in [6, 6.07) is 6.62. The maximum Gasteiger partial charge on any atom is 0.0845 e. The predicted octanol–water partition coefficient (Wildman–Crippen LogP) is 3.80. The number of β-amino-alcohol motifs (C(OH)–C–C–N with tert-alkyl or cyclic N) is 1. The summed E-state index contributed by atoms with van der Waals surface area (Å²) in [5, 5.41) is 12.0. The van der Waals surface area contributed by atoms with E-state index in [9.17, 15) is 5.11 Å². The van der Waals surface area contributed by atoms with Crippen LogP contribution in [0.5, 0.6) is 0 Å². The van der Waals surface area contributed by atoms with Gasteiger partial charge < -0.3 is 14.6 Å². The molecule has 0 spiro atoms. The molecule has 3 heteroatoms. The Kier molecular flexibility index (Phi) is 5.08. The highest BCUT2D eigenvalue weighted by Gasteiger charge is 2.17. The van der Waals surface area contributed by atoms with Gasteiger partial charge in [0.2, 0.25) is 0 Å². The maximum absolute atomic E-state index is 10.6. The van der Waals surface area contributed by atoms with Crippen molar-refractivity contribution in [2.24, 2.45) is 0 Å². The van der Waals surface area contributed by atoms with E-state index in [2.05, 4.69) is 48.4 Å². The molecule has 3 rings (SSSR count). The van der Waals surface area contributed by atoms with E-state index in [1.807, 2.05) is 0 Å². The summed E-state index contributed by atoms with van der Waals surface area (Å²) in [7, 11) is 0. The second-order valence-electron chi connectivity index (χ2n) is 7.21. The van der Waals surface area contributed by atoms with Crippen LogP contribution < -0.4 is 0 Å². The minimum Gasteiger partial charge on any atom is -0.390 e. The van der Waals surface area contributed by atoms with Crippen molar-refractivity contribution in [1.29, 1.82) is 0 Å². The highest BCUT2D eigenvalue weighted by molar-refractivity contribution is 5.85. The largest absolute Gasteiger partial charge is 0.390 e. The quantitative estimate of drug-likeness (QED) is 0.929. The molecule has 1 aliphatic rings. The van der Waals surface area contributed by atoms with E-state index in [1.165, 1.54) is 53.4 Å². The van der Waals surface area contributed by atoms with E-state index in [-0.39, 0.29) is 6.10 Å². The molecule has 0 amide bonds. The van der Waals surface area contributed by atoms with E-state index in [0.717, 1.165) is 19.6 Å². The van der Waals surface area contributed by atoms with Crippen LogP contribution in [0.25, 0.3) is 10.9 Å². The van der Waals surface area contributed by atoms with Gasteiger partial charge in [-0.15, -0.1) is 0 Å². The average Bonchev–Trinajstić information content (AvgIpc) is 2.73. The second-order valence-corrected chi connectivity index (χ2v) is 7.21. The number of hydrogen-bond donors (Lipinski definition) is 1. The van der Waals surface area contributed by atoms with Gasteiger partial charge in [-0.3, -0.25) is 0 Å². The minimum atomic E-state index is -0.303. The Morgan fingerprint density at radius 3 is 2.39 bits per heavy atom. The molecule has 0 bridgehead atoms. The third-order valence-corrected chi connectivity index (χ3v) is 5.36. The molecular formula is C20H30N2O. The molecule has 1 atom stereocenters. The van der Waals surface area contributed by atoms with Gasteiger partial charge in [-0.05, 0) is 64.4 Å². The molecule has 126 valence electrons. The number of aliphatic hydroxyl groups excluding tert-OH is 1. The van der Waals surface area contributed by atoms with Gasteiger partial charge in [0.25, 0.3) is 0 Å². The van der Waals surface area contributed by atoms with Crippen LogP contribution in [-0.2, 0) is 6.54 Å². The zero-order valence-corrected chi connectivity index (χ0v) is 14.8. The van der Waals surface area contributed by atoms with Gasteiger partial charge in [0.1, 0.15) is 0 Å². The molecule has 0 aliphatic carbocycles. The second kappa shape index (κ2) is 7.06. The van der Waals surface area contributed by atoms with Gasteiger partial charge >= 0.3 is 0 Å². The van der Waals surface area contributed by atoms with Crippen molar-refractivity contribution < 1.29 is 5.11 Å². The number of hydrogen-bond acceptors (Lipinski definition) is 2. The van der Waals surface area contributed by atoms with Crippen molar-refractivity contribution in [2.75, 3.05) is 19.6 Å². The average molecular weight is 314 g/mol. The molecule has 2 aromatic rings. The Labute approximate surface area is 139 Å². The molecule has 0 unspecified atom stereocenters. The minimum absolute atomic E-state index is 0.303. The lowest BCUT2D eigenvalue weighted by Gasteiger charge is -2.24. The van der Waals surface area contributed by atoms with E-state index >= 15 is 0 Å². The highest BCUT2D eigenvalue weighted by Crippen LogP contribution is 2.26. The molecule has 2 heterocycles. The summed E-state index contributed by atoms with van der Waals surface area (Å²) >= 11 is 0. The summed E-state index contributed by atoms with van der Waals surface area (Å²) in [5.41, 5.74) is 5.16. The van der Waals surface area contributed by atoms with Crippen molar-refractivity contribution in [2.45, 2.75) is 59.1 Å². The van der Waals surface area contributed by atoms with E-state index in [0.29, 0.717) is 6.54 Å². The summed E-state index contributed by atoms with van der Waals surface area (Å²) in [6.07, 6.45) is 4.93. The van der Waals surface area contributed by atoms with E-state index in [1.54, 1.807) is 0 Å². The maximum atomic E-state index is 10.6.